The van der Waals surface area contributed by atoms with E-state index in [0.717, 1.165) is 5.57 Å². The summed E-state index contributed by atoms with van der Waals surface area (Å²) >= 11 is 6.04. The Labute approximate surface area is 118 Å². The normalized spacial score (nSPS) is 21.6. The van der Waals surface area contributed by atoms with Crippen LogP contribution in [0, 0.1) is 5.92 Å². The highest BCUT2D eigenvalue weighted by atomic mass is 35.5. The SMILES string of the molecule is COC(=O)[C@H](CC(C)C)N1N=C(Cl)C(C)=C(C)C1O. The summed E-state index contributed by atoms with van der Waals surface area (Å²) in [7, 11) is 1.32. The lowest BCUT2D eigenvalue weighted by atomic mass is 10.0. The van der Waals surface area contributed by atoms with Gasteiger partial charge in [0.15, 0.2) is 11.4 Å². The van der Waals surface area contributed by atoms with E-state index in [9.17, 15) is 9.90 Å². The number of hydrazone groups is 1. The number of aliphatic hydroxyl groups excluding tert-OH is 1. The van der Waals surface area contributed by atoms with Crippen LogP contribution in [0.4, 0.5) is 0 Å². The van der Waals surface area contributed by atoms with E-state index >= 15 is 0 Å². The van der Waals surface area contributed by atoms with Gasteiger partial charge in [0.2, 0.25) is 0 Å². The molecule has 0 aromatic rings. The maximum absolute atomic E-state index is 11.9. The van der Waals surface area contributed by atoms with Gasteiger partial charge < -0.3 is 9.84 Å². The van der Waals surface area contributed by atoms with E-state index in [-0.39, 0.29) is 5.92 Å². The number of carbonyl (C=O) groups is 1. The summed E-state index contributed by atoms with van der Waals surface area (Å²) in [6.07, 6.45) is -0.422. The molecule has 0 saturated carbocycles. The van der Waals surface area contributed by atoms with Crippen LogP contribution in [0.15, 0.2) is 16.2 Å². The largest absolute Gasteiger partial charge is 0.467 e. The lowest BCUT2D eigenvalue weighted by Crippen LogP contribution is -2.48. The minimum atomic E-state index is -0.953. The highest BCUT2D eigenvalue weighted by Crippen LogP contribution is 2.26. The van der Waals surface area contributed by atoms with Crippen LogP contribution in [0.3, 0.4) is 0 Å². The average molecular weight is 289 g/mol. The van der Waals surface area contributed by atoms with Crippen LogP contribution in [0.25, 0.3) is 0 Å². The van der Waals surface area contributed by atoms with Gasteiger partial charge in [-0.25, -0.2) is 9.80 Å². The van der Waals surface area contributed by atoms with Gasteiger partial charge in [0.1, 0.15) is 6.04 Å². The summed E-state index contributed by atoms with van der Waals surface area (Å²) in [6.45, 7) is 7.54. The van der Waals surface area contributed by atoms with Crippen LogP contribution in [-0.4, -0.2) is 40.6 Å². The number of hydrogen-bond donors (Lipinski definition) is 1. The Balaban J connectivity index is 3.07. The first kappa shape index (κ1) is 16.0. The fraction of sp³-hybridized carbons (Fsp3) is 0.692. The Kier molecular flexibility index (Phi) is 5.38. The minimum absolute atomic E-state index is 0.262. The monoisotopic (exact) mass is 288 g/mol. The Morgan fingerprint density at radius 3 is 2.58 bits per heavy atom. The van der Waals surface area contributed by atoms with Gasteiger partial charge in [-0.1, -0.05) is 25.4 Å². The van der Waals surface area contributed by atoms with Gasteiger partial charge in [-0.3, -0.25) is 0 Å². The molecule has 0 spiro atoms. The van der Waals surface area contributed by atoms with Crippen LogP contribution in [0.1, 0.15) is 34.1 Å². The summed E-state index contributed by atoms with van der Waals surface area (Å²) in [5, 5.41) is 16.0. The topological polar surface area (TPSA) is 62.1 Å². The first-order valence-corrected chi connectivity index (χ1v) is 6.63. The fourth-order valence-corrected chi connectivity index (χ4v) is 2.16. The second kappa shape index (κ2) is 6.39. The zero-order valence-electron chi connectivity index (χ0n) is 12.0. The molecule has 0 radical (unpaired) electrons. The molecule has 0 aromatic carbocycles. The number of halogens is 1. The molecule has 19 heavy (non-hydrogen) atoms. The third kappa shape index (κ3) is 3.48. The molecule has 5 nitrogen and oxygen atoms in total. The number of esters is 1. The van der Waals surface area contributed by atoms with Crippen LogP contribution in [0.5, 0.6) is 0 Å². The second-order valence-corrected chi connectivity index (χ2v) is 5.48. The smallest absolute Gasteiger partial charge is 0.330 e. The summed E-state index contributed by atoms with van der Waals surface area (Å²) in [6, 6.07) is -0.642. The van der Waals surface area contributed by atoms with Crippen molar-refractivity contribution in [1.82, 2.24) is 5.01 Å². The highest BCUT2D eigenvalue weighted by Gasteiger charge is 2.35. The average Bonchev–Trinajstić information content (AvgIpc) is 2.37. The predicted octanol–water partition coefficient (Wildman–Crippen LogP) is 2.10. The molecule has 0 saturated heterocycles. The minimum Gasteiger partial charge on any atom is -0.467 e. The third-order valence-corrected chi connectivity index (χ3v) is 3.59. The molecule has 0 amide bonds. The van der Waals surface area contributed by atoms with Crippen LogP contribution in [0.2, 0.25) is 0 Å². The molecule has 1 aliphatic rings. The molecule has 1 heterocycles. The number of aliphatic hydroxyl groups is 1. The van der Waals surface area contributed by atoms with Crippen molar-refractivity contribution >= 4 is 22.7 Å². The van der Waals surface area contributed by atoms with Crippen molar-refractivity contribution in [1.29, 1.82) is 0 Å². The van der Waals surface area contributed by atoms with Gasteiger partial charge in [0.25, 0.3) is 0 Å². The van der Waals surface area contributed by atoms with E-state index in [0.29, 0.717) is 17.2 Å². The van der Waals surface area contributed by atoms with Crippen molar-refractivity contribution in [2.24, 2.45) is 11.0 Å². The predicted molar refractivity (Wildman–Crippen MR) is 74.8 cm³/mol. The van der Waals surface area contributed by atoms with Crippen molar-refractivity contribution in [3.05, 3.63) is 11.1 Å². The molecule has 2 atom stereocenters. The quantitative estimate of drug-likeness (QED) is 0.805. The Morgan fingerprint density at radius 2 is 2.11 bits per heavy atom. The lowest BCUT2D eigenvalue weighted by molar-refractivity contribution is -0.152. The summed E-state index contributed by atoms with van der Waals surface area (Å²) in [5.41, 5.74) is 1.43. The first-order chi connectivity index (χ1) is 8.79. The highest BCUT2D eigenvalue weighted by molar-refractivity contribution is 6.69. The van der Waals surface area contributed by atoms with Crippen LogP contribution < -0.4 is 0 Å². The maximum Gasteiger partial charge on any atom is 0.330 e. The maximum atomic E-state index is 11.9. The molecule has 0 bridgehead atoms. The van der Waals surface area contributed by atoms with Gasteiger partial charge in [0.05, 0.1) is 7.11 Å². The van der Waals surface area contributed by atoms with Gasteiger partial charge >= 0.3 is 5.97 Å². The Morgan fingerprint density at radius 1 is 1.53 bits per heavy atom. The van der Waals surface area contributed by atoms with E-state index in [1.54, 1.807) is 13.8 Å². The van der Waals surface area contributed by atoms with Crippen molar-refractivity contribution < 1.29 is 14.6 Å². The standard InChI is InChI=1S/C13H21ClN2O3/c1-7(2)6-10(13(18)19-5)16-12(17)9(4)8(3)11(14)15-16/h7,10,12,17H,6H2,1-5H3/t10-,12?/m0/s1. The molecule has 0 fully saturated rings. The summed E-state index contributed by atoms with van der Waals surface area (Å²) in [4.78, 5) is 11.9. The van der Waals surface area contributed by atoms with Gasteiger partial charge in [-0.15, -0.1) is 0 Å². The number of hydrogen-bond acceptors (Lipinski definition) is 5. The first-order valence-electron chi connectivity index (χ1n) is 6.25. The third-order valence-electron chi connectivity index (χ3n) is 3.23. The number of methoxy groups -OCH3 is 1. The Bertz CT molecular complexity index is 418. The van der Waals surface area contributed by atoms with Gasteiger partial charge in [-0.2, -0.15) is 5.10 Å². The van der Waals surface area contributed by atoms with Crippen LogP contribution in [-0.2, 0) is 9.53 Å². The number of allylic oxidation sites excluding steroid dienone is 1. The molecule has 6 heteroatoms. The van der Waals surface area contributed by atoms with Gasteiger partial charge in [-0.05, 0) is 37.3 Å². The molecule has 0 aromatic heterocycles. The van der Waals surface area contributed by atoms with Crippen molar-refractivity contribution in [2.75, 3.05) is 7.11 Å². The van der Waals surface area contributed by atoms with Crippen molar-refractivity contribution in [3.63, 3.8) is 0 Å². The molecule has 1 unspecified atom stereocenters. The fourth-order valence-electron chi connectivity index (χ4n) is 1.92. The van der Waals surface area contributed by atoms with E-state index in [2.05, 4.69) is 5.10 Å². The number of carbonyl (C=O) groups excluding carboxylic acids is 1. The number of ether oxygens (including phenoxy) is 1. The Hall–Kier alpha value is -1.07. The zero-order valence-corrected chi connectivity index (χ0v) is 12.7. The summed E-state index contributed by atoms with van der Waals surface area (Å²) < 4.78 is 4.79. The van der Waals surface area contributed by atoms with Gasteiger partial charge in [0, 0.05) is 0 Å². The lowest BCUT2D eigenvalue weighted by Gasteiger charge is -2.35. The molecule has 1 aliphatic heterocycles. The molecule has 0 aliphatic carbocycles. The van der Waals surface area contributed by atoms with Crippen LogP contribution >= 0.6 is 11.6 Å². The number of rotatable bonds is 4. The van der Waals surface area contributed by atoms with Crippen molar-refractivity contribution in [2.45, 2.75) is 46.4 Å². The van der Waals surface area contributed by atoms with E-state index in [1.165, 1.54) is 12.1 Å². The van der Waals surface area contributed by atoms with E-state index in [1.807, 2.05) is 13.8 Å². The summed E-state index contributed by atoms with van der Waals surface area (Å²) in [5.74, 6) is -0.161. The molecule has 1 N–H and O–H groups in total. The zero-order chi connectivity index (χ0) is 14.7. The number of nitrogens with zero attached hydrogens (tertiary/aromatic N) is 2. The molecule has 1 rings (SSSR count). The molecular weight excluding hydrogens is 268 g/mol. The van der Waals surface area contributed by atoms with Crippen molar-refractivity contribution in [3.8, 4) is 0 Å². The van der Waals surface area contributed by atoms with E-state index < -0.39 is 18.2 Å². The second-order valence-electron chi connectivity index (χ2n) is 5.12. The van der Waals surface area contributed by atoms with E-state index in [4.69, 9.17) is 16.3 Å². The molecule has 108 valence electrons. The molecular formula is C13H21ClN2O3.